The van der Waals surface area contributed by atoms with Crippen LogP contribution in [0.2, 0.25) is 0 Å². The van der Waals surface area contributed by atoms with E-state index >= 15 is 0 Å². The monoisotopic (exact) mass is 300 g/mol. The normalized spacial score (nSPS) is 10.6. The number of hydrogen-bond acceptors (Lipinski definition) is 0. The number of alkyl halides is 1. The van der Waals surface area contributed by atoms with E-state index in [9.17, 15) is 13.2 Å². The van der Waals surface area contributed by atoms with Gasteiger partial charge in [0.1, 0.15) is 5.82 Å². The van der Waals surface area contributed by atoms with Crippen LogP contribution in [0, 0.1) is 17.5 Å². The average molecular weight is 301 g/mol. The summed E-state index contributed by atoms with van der Waals surface area (Å²) in [7, 11) is 0. The van der Waals surface area contributed by atoms with Crippen LogP contribution >= 0.6 is 15.9 Å². The van der Waals surface area contributed by atoms with Crippen LogP contribution in [0.15, 0.2) is 36.4 Å². The van der Waals surface area contributed by atoms with E-state index in [0.717, 1.165) is 6.07 Å². The smallest absolute Gasteiger partial charge is 0.166 e. The van der Waals surface area contributed by atoms with E-state index in [1.807, 2.05) is 0 Å². The molecule has 0 heterocycles. The van der Waals surface area contributed by atoms with Crippen molar-refractivity contribution in [2.75, 3.05) is 0 Å². The minimum absolute atomic E-state index is 0.0602. The maximum absolute atomic E-state index is 13.5. The van der Waals surface area contributed by atoms with Gasteiger partial charge in [0.05, 0.1) is 0 Å². The van der Waals surface area contributed by atoms with Crippen molar-refractivity contribution in [2.24, 2.45) is 0 Å². The molecule has 0 radical (unpaired) electrons. The molecule has 88 valence electrons. The standard InChI is InChI=1S/C13H8BrF3/c14-7-9-5-4-8(6-12(9)16)10-2-1-3-11(15)13(10)17/h1-6H,7H2. The van der Waals surface area contributed by atoms with Crippen LogP contribution in [0.4, 0.5) is 13.2 Å². The molecule has 0 nitrogen and oxygen atoms in total. The van der Waals surface area contributed by atoms with E-state index in [4.69, 9.17) is 0 Å². The van der Waals surface area contributed by atoms with Gasteiger partial charge in [0.15, 0.2) is 11.6 Å². The second-order valence-corrected chi connectivity index (χ2v) is 4.10. The number of hydrogen-bond donors (Lipinski definition) is 0. The lowest BCUT2D eigenvalue weighted by atomic mass is 10.0. The van der Waals surface area contributed by atoms with Gasteiger partial charge >= 0.3 is 0 Å². The van der Waals surface area contributed by atoms with Crippen molar-refractivity contribution in [3.8, 4) is 11.1 Å². The Kier molecular flexibility index (Phi) is 3.52. The van der Waals surface area contributed by atoms with Crippen LogP contribution in [0.1, 0.15) is 5.56 Å². The summed E-state index contributed by atoms with van der Waals surface area (Å²) in [4.78, 5) is 0. The van der Waals surface area contributed by atoms with E-state index < -0.39 is 17.5 Å². The molecule has 0 spiro atoms. The molecule has 0 N–H and O–H groups in total. The summed E-state index contributed by atoms with van der Waals surface area (Å²) in [5, 5.41) is 0.380. The summed E-state index contributed by atoms with van der Waals surface area (Å²) >= 11 is 3.14. The van der Waals surface area contributed by atoms with Crippen molar-refractivity contribution in [3.63, 3.8) is 0 Å². The molecule has 0 atom stereocenters. The fourth-order valence-corrected chi connectivity index (χ4v) is 2.00. The summed E-state index contributed by atoms with van der Waals surface area (Å²) in [6.45, 7) is 0. The number of halogens is 4. The van der Waals surface area contributed by atoms with Crippen LogP contribution < -0.4 is 0 Å². The van der Waals surface area contributed by atoms with Gasteiger partial charge < -0.3 is 0 Å². The van der Waals surface area contributed by atoms with Gasteiger partial charge in [-0.3, -0.25) is 0 Å². The highest BCUT2D eigenvalue weighted by atomic mass is 79.9. The third-order valence-corrected chi connectivity index (χ3v) is 3.06. The highest BCUT2D eigenvalue weighted by Crippen LogP contribution is 2.26. The van der Waals surface area contributed by atoms with E-state index in [2.05, 4.69) is 15.9 Å². The Balaban J connectivity index is 2.54. The minimum Gasteiger partial charge on any atom is -0.207 e. The molecule has 0 unspecified atom stereocenters. The van der Waals surface area contributed by atoms with E-state index in [1.54, 1.807) is 12.1 Å². The van der Waals surface area contributed by atoms with Gasteiger partial charge in [0.2, 0.25) is 0 Å². The largest absolute Gasteiger partial charge is 0.207 e. The van der Waals surface area contributed by atoms with Crippen molar-refractivity contribution >= 4 is 15.9 Å². The Morgan fingerprint density at radius 1 is 0.941 bits per heavy atom. The quantitative estimate of drug-likeness (QED) is 0.707. The Bertz CT molecular complexity index is 552. The van der Waals surface area contributed by atoms with E-state index in [-0.39, 0.29) is 5.56 Å². The van der Waals surface area contributed by atoms with Crippen molar-refractivity contribution in [2.45, 2.75) is 5.33 Å². The molecule has 2 aromatic rings. The third-order valence-electron chi connectivity index (χ3n) is 2.46. The summed E-state index contributed by atoms with van der Waals surface area (Å²) in [5.41, 5.74) is 0.861. The molecule has 0 bridgehead atoms. The Hall–Kier alpha value is -1.29. The van der Waals surface area contributed by atoms with Crippen molar-refractivity contribution < 1.29 is 13.2 Å². The SMILES string of the molecule is Fc1cc(-c2cccc(F)c2F)ccc1CBr. The number of rotatable bonds is 2. The van der Waals surface area contributed by atoms with Gasteiger partial charge in [-0.1, -0.05) is 40.2 Å². The lowest BCUT2D eigenvalue weighted by Crippen LogP contribution is -1.92. The van der Waals surface area contributed by atoms with Crippen LogP contribution in [0.25, 0.3) is 11.1 Å². The molecule has 0 aromatic heterocycles. The zero-order valence-corrected chi connectivity index (χ0v) is 10.3. The third kappa shape index (κ3) is 2.36. The fourth-order valence-electron chi connectivity index (χ4n) is 1.55. The number of benzene rings is 2. The summed E-state index contributed by atoms with van der Waals surface area (Å²) in [5.74, 6) is -2.34. The molecule has 17 heavy (non-hydrogen) atoms. The predicted molar refractivity (Wildman–Crippen MR) is 64.4 cm³/mol. The summed E-state index contributed by atoms with van der Waals surface area (Å²) in [6, 6.07) is 8.16. The molecule has 0 fully saturated rings. The summed E-state index contributed by atoms with van der Waals surface area (Å²) < 4.78 is 40.1. The van der Waals surface area contributed by atoms with Gasteiger partial charge in [0, 0.05) is 10.9 Å². The zero-order chi connectivity index (χ0) is 12.4. The first-order valence-electron chi connectivity index (χ1n) is 4.92. The first-order chi connectivity index (χ1) is 8.13. The maximum Gasteiger partial charge on any atom is 0.166 e. The maximum atomic E-state index is 13.5. The van der Waals surface area contributed by atoms with Crippen LogP contribution in [0.3, 0.4) is 0 Å². The molecule has 0 aliphatic heterocycles. The lowest BCUT2D eigenvalue weighted by Gasteiger charge is -2.06. The zero-order valence-electron chi connectivity index (χ0n) is 8.68. The van der Waals surface area contributed by atoms with Gasteiger partial charge in [-0.05, 0) is 23.3 Å². The molecule has 2 aromatic carbocycles. The van der Waals surface area contributed by atoms with E-state index in [0.29, 0.717) is 16.5 Å². The molecule has 4 heteroatoms. The first-order valence-corrected chi connectivity index (χ1v) is 6.04. The van der Waals surface area contributed by atoms with E-state index in [1.165, 1.54) is 18.2 Å². The molecule has 0 aliphatic rings. The summed E-state index contributed by atoms with van der Waals surface area (Å²) in [6.07, 6.45) is 0. The van der Waals surface area contributed by atoms with Gasteiger partial charge in [-0.2, -0.15) is 0 Å². The van der Waals surface area contributed by atoms with Gasteiger partial charge in [-0.15, -0.1) is 0 Å². The predicted octanol–water partition coefficient (Wildman–Crippen LogP) is 4.67. The van der Waals surface area contributed by atoms with Gasteiger partial charge in [0.25, 0.3) is 0 Å². The molecule has 0 amide bonds. The lowest BCUT2D eigenvalue weighted by molar-refractivity contribution is 0.511. The second-order valence-electron chi connectivity index (χ2n) is 3.54. The van der Waals surface area contributed by atoms with Crippen molar-refractivity contribution in [1.29, 1.82) is 0 Å². The molecular formula is C13H8BrF3. The van der Waals surface area contributed by atoms with Crippen LogP contribution in [-0.4, -0.2) is 0 Å². The Morgan fingerprint density at radius 2 is 1.71 bits per heavy atom. The minimum atomic E-state index is -0.960. The fraction of sp³-hybridized carbons (Fsp3) is 0.0769. The van der Waals surface area contributed by atoms with Crippen molar-refractivity contribution in [3.05, 3.63) is 59.4 Å². The van der Waals surface area contributed by atoms with Crippen molar-refractivity contribution in [1.82, 2.24) is 0 Å². The molecule has 0 aliphatic carbocycles. The molecule has 0 saturated carbocycles. The Labute approximate surface area is 105 Å². The average Bonchev–Trinajstić information content (AvgIpc) is 2.32. The molecule has 2 rings (SSSR count). The molecule has 0 saturated heterocycles. The first kappa shape index (κ1) is 12.2. The topological polar surface area (TPSA) is 0 Å². The highest BCUT2D eigenvalue weighted by Gasteiger charge is 2.11. The van der Waals surface area contributed by atoms with Crippen LogP contribution in [0.5, 0.6) is 0 Å². The van der Waals surface area contributed by atoms with Gasteiger partial charge in [-0.25, -0.2) is 13.2 Å². The highest BCUT2D eigenvalue weighted by molar-refractivity contribution is 9.08. The van der Waals surface area contributed by atoms with Crippen LogP contribution in [-0.2, 0) is 5.33 Å². The second kappa shape index (κ2) is 4.92. The molecular weight excluding hydrogens is 293 g/mol. The Morgan fingerprint density at radius 3 is 2.35 bits per heavy atom.